The Bertz CT molecular complexity index is 1570. The molecule has 1 radical (unpaired) electrons. The van der Waals surface area contributed by atoms with Gasteiger partial charge in [0.1, 0.15) is 0 Å². The molecule has 10 heteroatoms. The summed E-state index contributed by atoms with van der Waals surface area (Å²) in [4.78, 5) is 6.89. The van der Waals surface area contributed by atoms with Gasteiger partial charge in [-0.15, -0.1) is 37.8 Å². The van der Waals surface area contributed by atoms with Gasteiger partial charge in [0.15, 0.2) is 0 Å². The van der Waals surface area contributed by atoms with Crippen molar-refractivity contribution >= 4 is 11.8 Å². The molecular formula is C57H93FeN6O3. The zero-order valence-corrected chi connectivity index (χ0v) is 43.8. The number of aliphatic hydroxyl groups excluding tert-OH is 3. The molecule has 12 unspecified atom stereocenters. The van der Waals surface area contributed by atoms with Crippen LogP contribution in [0.4, 0.5) is 5.69 Å². The fourth-order valence-electron chi connectivity index (χ4n) is 13.6. The van der Waals surface area contributed by atoms with Crippen molar-refractivity contribution in [3.05, 3.63) is 76.2 Å². The van der Waals surface area contributed by atoms with E-state index in [0.717, 1.165) is 75.7 Å². The smallest absolute Gasteiger partial charge is 0.657 e. The maximum absolute atomic E-state index is 10.2. The van der Waals surface area contributed by atoms with Crippen LogP contribution in [0.25, 0.3) is 22.0 Å². The van der Waals surface area contributed by atoms with Gasteiger partial charge in [0, 0.05) is 50.2 Å². The van der Waals surface area contributed by atoms with Gasteiger partial charge in [0.05, 0.1) is 0 Å². The molecule has 377 valence electrons. The molecule has 0 aromatic heterocycles. The summed E-state index contributed by atoms with van der Waals surface area (Å²) in [7, 11) is 13.0. The molecule has 0 amide bonds. The molecule has 9 nitrogen and oxygen atoms in total. The molecule has 8 fully saturated rings. The number of fused-ring (bicyclic) bond motifs is 3. The number of nitrogens with zero attached hydrogens (tertiary/aromatic N) is 6. The van der Waals surface area contributed by atoms with Crippen LogP contribution < -0.4 is 4.90 Å². The summed E-state index contributed by atoms with van der Waals surface area (Å²) in [5.74, 6) is 5.18. The Hall–Kier alpha value is -1.56. The third-order valence-corrected chi connectivity index (χ3v) is 17.8. The molecule has 9 rings (SSSR count). The monoisotopic (exact) mass is 966 g/mol. The van der Waals surface area contributed by atoms with Crippen LogP contribution in [0, 0.1) is 47.3 Å². The van der Waals surface area contributed by atoms with Crippen molar-refractivity contribution in [3.8, 4) is 0 Å². The van der Waals surface area contributed by atoms with E-state index in [2.05, 4.69) is 123 Å². The fraction of sp³-hybridized carbons (Fsp3) is 0.789. The number of anilines is 1. The summed E-state index contributed by atoms with van der Waals surface area (Å²) in [5, 5.41) is 44.7. The molecule has 0 bridgehead atoms. The molecule has 0 spiro atoms. The van der Waals surface area contributed by atoms with E-state index in [-0.39, 0.29) is 53.5 Å². The second-order valence-corrected chi connectivity index (χ2v) is 22.7. The van der Waals surface area contributed by atoms with Crippen molar-refractivity contribution in [1.82, 2.24) is 9.80 Å². The van der Waals surface area contributed by atoms with Crippen molar-refractivity contribution in [2.24, 2.45) is 47.3 Å². The SMILES string of the molecule is CN(C)C1CCC(/C=C/C2CC[N-]C3C(O)CCCC23)CC1.CN(C)C1CCC(/C=C/C2CC[N-]C3C(O)CCCC23)CC1.CN(C)c1ccc(/C=C\C2CC[N-]C3C(O)CCCC23)cc1.[Fe+3]. The van der Waals surface area contributed by atoms with Crippen LogP contribution in [-0.4, -0.2) is 136 Å². The van der Waals surface area contributed by atoms with Gasteiger partial charge in [0.2, 0.25) is 0 Å². The minimum absolute atomic E-state index is 0. The number of hydrogen-bond acceptors (Lipinski definition) is 6. The summed E-state index contributed by atoms with van der Waals surface area (Å²) < 4.78 is 0. The van der Waals surface area contributed by atoms with Crippen LogP contribution in [0.2, 0.25) is 0 Å². The molecule has 3 saturated heterocycles. The molecule has 5 saturated carbocycles. The van der Waals surface area contributed by atoms with Crippen LogP contribution >= 0.6 is 0 Å². The maximum Gasteiger partial charge on any atom is 3.00 e. The third kappa shape index (κ3) is 15.5. The van der Waals surface area contributed by atoms with Gasteiger partial charge in [-0.1, -0.05) is 106 Å². The first-order valence-corrected chi connectivity index (χ1v) is 27.1. The van der Waals surface area contributed by atoms with Gasteiger partial charge in [-0.2, -0.15) is 0 Å². The van der Waals surface area contributed by atoms with Crippen LogP contribution in [0.15, 0.2) is 54.6 Å². The van der Waals surface area contributed by atoms with E-state index in [1.54, 1.807) is 0 Å². The average Bonchev–Trinajstić information content (AvgIpc) is 3.33. The quantitative estimate of drug-likeness (QED) is 0.168. The van der Waals surface area contributed by atoms with E-state index < -0.39 is 0 Å². The minimum atomic E-state index is -0.214. The van der Waals surface area contributed by atoms with Crippen molar-refractivity contribution in [2.45, 2.75) is 177 Å². The van der Waals surface area contributed by atoms with Crippen LogP contribution in [0.3, 0.4) is 0 Å². The molecule has 3 aliphatic heterocycles. The predicted octanol–water partition coefficient (Wildman–Crippen LogP) is 10.9. The number of aliphatic hydroxyl groups is 3. The molecule has 12 atom stereocenters. The summed E-state index contributed by atoms with van der Waals surface area (Å²) in [6, 6.07) is 10.9. The first kappa shape index (κ1) is 54.8. The molecule has 5 aliphatic carbocycles. The first-order valence-electron chi connectivity index (χ1n) is 27.1. The Balaban J connectivity index is 0.000000165. The average molecular weight is 966 g/mol. The zero-order chi connectivity index (χ0) is 46.6. The summed E-state index contributed by atoms with van der Waals surface area (Å²) >= 11 is 0. The molecule has 3 N–H and O–H groups in total. The van der Waals surface area contributed by atoms with Gasteiger partial charge in [-0.25, -0.2) is 0 Å². The van der Waals surface area contributed by atoms with Crippen molar-refractivity contribution in [2.75, 3.05) is 66.8 Å². The third-order valence-electron chi connectivity index (χ3n) is 17.8. The number of allylic oxidation sites excluding steroid dienone is 5. The van der Waals surface area contributed by atoms with Crippen molar-refractivity contribution in [1.29, 1.82) is 0 Å². The van der Waals surface area contributed by atoms with E-state index in [1.807, 2.05) is 0 Å². The van der Waals surface area contributed by atoms with E-state index in [1.165, 1.54) is 108 Å². The van der Waals surface area contributed by atoms with Gasteiger partial charge >= 0.3 is 17.1 Å². The predicted molar refractivity (Wildman–Crippen MR) is 277 cm³/mol. The Morgan fingerprint density at radius 3 is 1.13 bits per heavy atom. The molecule has 67 heavy (non-hydrogen) atoms. The molecular weight excluding hydrogens is 873 g/mol. The number of piperidine rings is 3. The molecule has 1 aromatic rings. The number of rotatable bonds is 9. The van der Waals surface area contributed by atoms with E-state index in [9.17, 15) is 15.3 Å². The fourth-order valence-corrected chi connectivity index (χ4v) is 13.6. The van der Waals surface area contributed by atoms with Crippen LogP contribution in [-0.2, 0) is 17.1 Å². The Labute approximate surface area is 419 Å². The Morgan fingerprint density at radius 2 is 0.791 bits per heavy atom. The molecule has 1 aromatic carbocycles. The normalized spacial score (nSPS) is 39.0. The topological polar surface area (TPSA) is 113 Å². The second kappa shape index (κ2) is 27.3. The van der Waals surface area contributed by atoms with Gasteiger partial charge in [-0.3, -0.25) is 0 Å². The van der Waals surface area contributed by atoms with Gasteiger partial charge in [0.25, 0.3) is 0 Å². The summed E-state index contributed by atoms with van der Waals surface area (Å²) in [5.41, 5.74) is 2.48. The van der Waals surface area contributed by atoms with Crippen LogP contribution in [0.5, 0.6) is 0 Å². The Kier molecular flexibility index (Phi) is 22.3. The zero-order valence-electron chi connectivity index (χ0n) is 42.7. The maximum atomic E-state index is 10.2. The largest absolute Gasteiger partial charge is 3.00 e. The Morgan fingerprint density at radius 1 is 0.433 bits per heavy atom. The van der Waals surface area contributed by atoms with Gasteiger partial charge < -0.3 is 46.0 Å². The van der Waals surface area contributed by atoms with E-state index in [0.29, 0.717) is 35.5 Å². The van der Waals surface area contributed by atoms with Crippen molar-refractivity contribution in [3.63, 3.8) is 0 Å². The summed E-state index contributed by atoms with van der Waals surface area (Å²) in [6.07, 6.45) is 38.4. The number of hydrogen-bond donors (Lipinski definition) is 3. The second-order valence-electron chi connectivity index (χ2n) is 22.7. The standard InChI is InChI=1S/2C19H33N2O.C19H27N2O.Fe/c3*1-21(2)16-10-7-14(8-11-16)6-9-15-12-13-20-19-17(15)4-3-5-18(19)22;/h2*6,9,14-19,22H,3-5,7-8,10-13H2,1-2H3;6-11,15,17-19,22H,3-5,12-13H2,1-2H3;/q3*-1;+3/b2*9-6+;9-6-;. The first-order chi connectivity index (χ1) is 31.9. The van der Waals surface area contributed by atoms with E-state index in [4.69, 9.17) is 10.6 Å². The van der Waals surface area contributed by atoms with Gasteiger partial charge in [-0.05, 0) is 164 Å². The van der Waals surface area contributed by atoms with Crippen LogP contribution in [0.1, 0.15) is 134 Å². The minimum Gasteiger partial charge on any atom is -0.657 e. The summed E-state index contributed by atoms with van der Waals surface area (Å²) in [6.45, 7) is 2.79. The van der Waals surface area contributed by atoms with Crippen molar-refractivity contribution < 1.29 is 32.4 Å². The molecule has 3 heterocycles. The number of benzene rings is 1. The molecule has 8 aliphatic rings. The van der Waals surface area contributed by atoms with E-state index >= 15 is 0 Å².